The molecular weight excluding hydrogens is 210 g/mol. The summed E-state index contributed by atoms with van der Waals surface area (Å²) in [5.41, 5.74) is 3.85. The van der Waals surface area contributed by atoms with Crippen LogP contribution in [0.3, 0.4) is 0 Å². The maximum atomic E-state index is 6.13. The molecule has 1 aliphatic rings. The second kappa shape index (κ2) is 5.09. The molecule has 94 valence electrons. The Bertz CT molecular complexity index is 394. The van der Waals surface area contributed by atoms with Crippen LogP contribution in [0.15, 0.2) is 12.1 Å². The first kappa shape index (κ1) is 12.4. The summed E-state index contributed by atoms with van der Waals surface area (Å²) in [6.07, 6.45) is 2.68. The average molecular weight is 233 g/mol. The SMILES string of the molecule is CCNC1CC(Oc2c(C)ccc(C)c2C)C1. The Balaban J connectivity index is 1.99. The van der Waals surface area contributed by atoms with E-state index < -0.39 is 0 Å². The molecule has 2 heteroatoms. The number of benzene rings is 1. The van der Waals surface area contributed by atoms with Crippen molar-refractivity contribution < 1.29 is 4.74 Å². The van der Waals surface area contributed by atoms with Crippen molar-refractivity contribution in [2.75, 3.05) is 6.54 Å². The van der Waals surface area contributed by atoms with Crippen LogP contribution in [0.4, 0.5) is 0 Å². The zero-order chi connectivity index (χ0) is 12.4. The molecule has 1 aromatic carbocycles. The van der Waals surface area contributed by atoms with Crippen molar-refractivity contribution in [2.24, 2.45) is 0 Å². The minimum atomic E-state index is 0.401. The number of hydrogen-bond acceptors (Lipinski definition) is 2. The molecule has 1 saturated carbocycles. The summed E-state index contributed by atoms with van der Waals surface area (Å²) in [6, 6.07) is 4.98. The monoisotopic (exact) mass is 233 g/mol. The number of ether oxygens (including phenoxy) is 1. The summed E-state index contributed by atoms with van der Waals surface area (Å²) in [5, 5.41) is 3.46. The smallest absolute Gasteiger partial charge is 0.125 e. The topological polar surface area (TPSA) is 21.3 Å². The third kappa shape index (κ3) is 2.63. The molecule has 1 aromatic rings. The van der Waals surface area contributed by atoms with E-state index in [4.69, 9.17) is 4.74 Å². The first-order valence-electron chi connectivity index (χ1n) is 6.58. The second-order valence-corrected chi connectivity index (χ2v) is 5.12. The van der Waals surface area contributed by atoms with Crippen LogP contribution in [0.25, 0.3) is 0 Å². The van der Waals surface area contributed by atoms with Crippen molar-refractivity contribution in [3.8, 4) is 5.75 Å². The van der Waals surface area contributed by atoms with Gasteiger partial charge >= 0.3 is 0 Å². The Morgan fingerprint density at radius 1 is 1.18 bits per heavy atom. The number of rotatable bonds is 4. The lowest BCUT2D eigenvalue weighted by atomic mass is 9.89. The molecule has 0 amide bonds. The molecule has 2 rings (SSSR count). The molecule has 0 radical (unpaired) electrons. The van der Waals surface area contributed by atoms with Crippen LogP contribution in [-0.4, -0.2) is 18.7 Å². The highest BCUT2D eigenvalue weighted by molar-refractivity contribution is 5.44. The third-order valence-corrected chi connectivity index (χ3v) is 3.75. The number of nitrogens with one attached hydrogen (secondary N) is 1. The molecule has 0 unspecified atom stereocenters. The van der Waals surface area contributed by atoms with Gasteiger partial charge < -0.3 is 10.1 Å². The summed E-state index contributed by atoms with van der Waals surface area (Å²) in [6.45, 7) is 9.63. The maximum absolute atomic E-state index is 6.13. The Morgan fingerprint density at radius 2 is 1.82 bits per heavy atom. The molecule has 1 fully saturated rings. The predicted molar refractivity (Wildman–Crippen MR) is 71.8 cm³/mol. The molecule has 0 aliphatic heterocycles. The van der Waals surface area contributed by atoms with Gasteiger partial charge in [-0.05, 0) is 56.8 Å². The molecule has 2 nitrogen and oxygen atoms in total. The van der Waals surface area contributed by atoms with E-state index in [1.165, 1.54) is 16.7 Å². The molecule has 0 heterocycles. The lowest BCUT2D eigenvalue weighted by molar-refractivity contribution is 0.0845. The number of hydrogen-bond donors (Lipinski definition) is 1. The van der Waals surface area contributed by atoms with Crippen molar-refractivity contribution in [1.29, 1.82) is 0 Å². The van der Waals surface area contributed by atoms with E-state index in [-0.39, 0.29) is 0 Å². The first-order chi connectivity index (χ1) is 8.11. The van der Waals surface area contributed by atoms with Crippen molar-refractivity contribution in [3.05, 3.63) is 28.8 Å². The molecule has 0 aromatic heterocycles. The fourth-order valence-electron chi connectivity index (χ4n) is 2.39. The highest BCUT2D eigenvalue weighted by atomic mass is 16.5. The van der Waals surface area contributed by atoms with Gasteiger partial charge in [-0.25, -0.2) is 0 Å². The van der Waals surface area contributed by atoms with Crippen LogP contribution in [-0.2, 0) is 0 Å². The Hall–Kier alpha value is -1.02. The first-order valence-corrected chi connectivity index (χ1v) is 6.58. The highest BCUT2D eigenvalue weighted by Crippen LogP contribution is 2.31. The van der Waals surface area contributed by atoms with E-state index in [2.05, 4.69) is 45.1 Å². The quantitative estimate of drug-likeness (QED) is 0.862. The second-order valence-electron chi connectivity index (χ2n) is 5.12. The van der Waals surface area contributed by atoms with Gasteiger partial charge in [-0.2, -0.15) is 0 Å². The molecule has 0 spiro atoms. The fraction of sp³-hybridized carbons (Fsp3) is 0.600. The lowest BCUT2D eigenvalue weighted by Gasteiger charge is -2.36. The summed E-state index contributed by atoms with van der Waals surface area (Å²) in [4.78, 5) is 0. The van der Waals surface area contributed by atoms with Gasteiger partial charge in [0.15, 0.2) is 0 Å². The molecule has 0 saturated heterocycles. The predicted octanol–water partition coefficient (Wildman–Crippen LogP) is 3.13. The van der Waals surface area contributed by atoms with Gasteiger partial charge in [0.2, 0.25) is 0 Å². The average Bonchev–Trinajstić information content (AvgIpc) is 2.25. The van der Waals surface area contributed by atoms with Gasteiger partial charge in [-0.3, -0.25) is 0 Å². The van der Waals surface area contributed by atoms with Gasteiger partial charge in [-0.15, -0.1) is 0 Å². The minimum Gasteiger partial charge on any atom is -0.490 e. The van der Waals surface area contributed by atoms with Crippen molar-refractivity contribution in [3.63, 3.8) is 0 Å². The van der Waals surface area contributed by atoms with Gasteiger partial charge in [0.05, 0.1) is 0 Å². The van der Waals surface area contributed by atoms with Gasteiger partial charge in [0.1, 0.15) is 11.9 Å². The summed E-state index contributed by atoms with van der Waals surface area (Å²) >= 11 is 0. The Kier molecular flexibility index (Phi) is 3.72. The molecule has 1 N–H and O–H groups in total. The van der Waals surface area contributed by atoms with Crippen LogP contribution in [0.2, 0.25) is 0 Å². The van der Waals surface area contributed by atoms with Crippen LogP contribution in [0.5, 0.6) is 5.75 Å². The summed E-state index contributed by atoms with van der Waals surface area (Å²) < 4.78 is 6.13. The van der Waals surface area contributed by atoms with Crippen molar-refractivity contribution in [1.82, 2.24) is 5.32 Å². The van der Waals surface area contributed by atoms with Crippen molar-refractivity contribution >= 4 is 0 Å². The van der Waals surface area contributed by atoms with Crippen LogP contribution in [0.1, 0.15) is 36.5 Å². The lowest BCUT2D eigenvalue weighted by Crippen LogP contribution is -2.46. The molecule has 17 heavy (non-hydrogen) atoms. The Morgan fingerprint density at radius 3 is 2.47 bits per heavy atom. The molecule has 1 aliphatic carbocycles. The Labute approximate surface area is 104 Å². The maximum Gasteiger partial charge on any atom is 0.125 e. The standard InChI is InChI=1S/C15H23NO/c1-5-16-13-8-14(9-13)17-15-11(3)7-6-10(2)12(15)4/h6-7,13-14,16H,5,8-9H2,1-4H3. The van der Waals surface area contributed by atoms with Gasteiger partial charge in [0.25, 0.3) is 0 Å². The van der Waals surface area contributed by atoms with Crippen LogP contribution < -0.4 is 10.1 Å². The summed E-state index contributed by atoms with van der Waals surface area (Å²) in [5.74, 6) is 1.10. The fourth-order valence-corrected chi connectivity index (χ4v) is 2.39. The van der Waals surface area contributed by atoms with Crippen LogP contribution >= 0.6 is 0 Å². The number of aryl methyl sites for hydroxylation is 2. The zero-order valence-corrected chi connectivity index (χ0v) is 11.3. The van der Waals surface area contributed by atoms with Gasteiger partial charge in [-0.1, -0.05) is 19.1 Å². The summed E-state index contributed by atoms with van der Waals surface area (Å²) in [7, 11) is 0. The van der Waals surface area contributed by atoms with Crippen LogP contribution in [0, 0.1) is 20.8 Å². The van der Waals surface area contributed by atoms with E-state index in [9.17, 15) is 0 Å². The van der Waals surface area contributed by atoms with E-state index in [1.807, 2.05) is 0 Å². The minimum absolute atomic E-state index is 0.401. The van der Waals surface area contributed by atoms with E-state index in [0.717, 1.165) is 25.1 Å². The van der Waals surface area contributed by atoms with E-state index in [1.54, 1.807) is 0 Å². The van der Waals surface area contributed by atoms with Gasteiger partial charge in [0, 0.05) is 6.04 Å². The van der Waals surface area contributed by atoms with E-state index in [0.29, 0.717) is 12.1 Å². The molecule has 0 bridgehead atoms. The molecular formula is C15H23NO. The largest absolute Gasteiger partial charge is 0.490 e. The van der Waals surface area contributed by atoms with E-state index >= 15 is 0 Å². The van der Waals surface area contributed by atoms with Crippen molar-refractivity contribution in [2.45, 2.75) is 52.7 Å². The molecule has 0 atom stereocenters. The third-order valence-electron chi connectivity index (χ3n) is 3.75. The zero-order valence-electron chi connectivity index (χ0n) is 11.3. The normalized spacial score (nSPS) is 23.3. The highest BCUT2D eigenvalue weighted by Gasteiger charge is 2.30.